The van der Waals surface area contributed by atoms with Crippen LogP contribution in [0.5, 0.6) is 11.5 Å². The van der Waals surface area contributed by atoms with Gasteiger partial charge in [0.15, 0.2) is 11.5 Å². The fraction of sp³-hybridized carbons (Fsp3) is 0.0968. The molecule has 2 N–H and O–H groups in total. The minimum Gasteiger partial charge on any atom is -0.490 e. The molecular weight excluding hydrogens is 494 g/mol. The Hall–Kier alpha value is -5.24. The first-order chi connectivity index (χ1) is 18.9. The number of amides is 2. The molecule has 0 aliphatic heterocycles. The number of carbonyl (C=O) groups excluding carboxylic acids is 3. The lowest BCUT2D eigenvalue weighted by Crippen LogP contribution is -2.18. The average Bonchev–Trinajstić information content (AvgIpc) is 2.95. The van der Waals surface area contributed by atoms with Gasteiger partial charge in [0, 0.05) is 16.8 Å². The molecule has 196 valence electrons. The third-order valence-electron chi connectivity index (χ3n) is 5.54. The Balaban J connectivity index is 1.35. The van der Waals surface area contributed by atoms with Crippen molar-refractivity contribution in [1.29, 1.82) is 0 Å². The van der Waals surface area contributed by atoms with Gasteiger partial charge in [-0.3, -0.25) is 9.59 Å². The quantitative estimate of drug-likeness (QED) is 0.129. The highest BCUT2D eigenvalue weighted by molar-refractivity contribution is 6.04. The highest BCUT2D eigenvalue weighted by atomic mass is 16.6. The van der Waals surface area contributed by atoms with E-state index in [9.17, 15) is 14.4 Å². The molecule has 0 spiro atoms. The van der Waals surface area contributed by atoms with Gasteiger partial charge in [0.2, 0.25) is 0 Å². The Labute approximate surface area is 226 Å². The highest BCUT2D eigenvalue weighted by Gasteiger charge is 2.13. The van der Waals surface area contributed by atoms with Crippen LogP contribution in [0.2, 0.25) is 0 Å². The first-order valence-electron chi connectivity index (χ1n) is 12.3. The summed E-state index contributed by atoms with van der Waals surface area (Å²) < 4.78 is 11.1. The van der Waals surface area contributed by atoms with Gasteiger partial charge in [-0.2, -0.15) is 5.10 Å². The first-order valence-corrected chi connectivity index (χ1v) is 12.3. The molecule has 0 heterocycles. The summed E-state index contributed by atoms with van der Waals surface area (Å²) in [6.07, 6.45) is 1.46. The fourth-order valence-electron chi connectivity index (χ4n) is 3.62. The molecule has 0 aromatic heterocycles. The summed E-state index contributed by atoms with van der Waals surface area (Å²) in [7, 11) is 0. The molecule has 0 atom stereocenters. The summed E-state index contributed by atoms with van der Waals surface area (Å²) in [4.78, 5) is 37.4. The number of hydrazone groups is 1. The summed E-state index contributed by atoms with van der Waals surface area (Å²) in [6, 6.07) is 27.4. The van der Waals surface area contributed by atoms with Crippen LogP contribution in [0.3, 0.4) is 0 Å². The highest BCUT2D eigenvalue weighted by Crippen LogP contribution is 2.29. The molecule has 4 aromatic carbocycles. The molecule has 4 rings (SSSR count). The second-order valence-corrected chi connectivity index (χ2v) is 8.49. The molecule has 0 fully saturated rings. The number of carbonyl (C=O) groups is 3. The molecule has 0 saturated heterocycles. The van der Waals surface area contributed by atoms with E-state index in [0.29, 0.717) is 40.3 Å². The van der Waals surface area contributed by atoms with E-state index in [-0.39, 0.29) is 11.7 Å². The van der Waals surface area contributed by atoms with Crippen molar-refractivity contribution in [3.8, 4) is 11.5 Å². The first kappa shape index (κ1) is 26.8. The van der Waals surface area contributed by atoms with Crippen LogP contribution in [-0.2, 0) is 0 Å². The summed E-state index contributed by atoms with van der Waals surface area (Å²) in [6.45, 7) is 4.11. The minimum absolute atomic E-state index is 0.229. The van der Waals surface area contributed by atoms with Crippen molar-refractivity contribution in [2.75, 3.05) is 11.9 Å². The number of aryl methyl sites for hydroxylation is 1. The van der Waals surface area contributed by atoms with Crippen molar-refractivity contribution in [1.82, 2.24) is 5.43 Å². The number of benzene rings is 4. The Kier molecular flexibility index (Phi) is 8.82. The molecule has 39 heavy (non-hydrogen) atoms. The SMILES string of the molecule is CCOc1cc(/C=N\NC(=O)c2ccc(NC(=O)c3cccc(C)c3)cc2)ccc1OC(=O)c1ccccc1. The number of nitrogens with one attached hydrogen (secondary N) is 2. The molecule has 8 heteroatoms. The zero-order valence-electron chi connectivity index (χ0n) is 21.5. The Bertz CT molecular complexity index is 1500. The predicted molar refractivity (Wildman–Crippen MR) is 150 cm³/mol. The maximum absolute atomic E-state index is 12.5. The second-order valence-electron chi connectivity index (χ2n) is 8.49. The molecule has 8 nitrogen and oxygen atoms in total. The summed E-state index contributed by atoms with van der Waals surface area (Å²) in [5.41, 5.74) is 6.02. The largest absolute Gasteiger partial charge is 0.490 e. The molecule has 0 aliphatic rings. The van der Waals surface area contributed by atoms with Crippen LogP contribution in [-0.4, -0.2) is 30.6 Å². The van der Waals surface area contributed by atoms with Crippen molar-refractivity contribution in [2.24, 2.45) is 5.10 Å². The maximum atomic E-state index is 12.5. The van der Waals surface area contributed by atoms with Gasteiger partial charge in [-0.1, -0.05) is 35.9 Å². The summed E-state index contributed by atoms with van der Waals surface area (Å²) in [5.74, 6) is -0.484. The summed E-state index contributed by atoms with van der Waals surface area (Å²) >= 11 is 0. The summed E-state index contributed by atoms with van der Waals surface area (Å²) in [5, 5.41) is 6.83. The molecule has 2 amide bonds. The minimum atomic E-state index is -0.494. The van der Waals surface area contributed by atoms with Gasteiger partial charge in [-0.15, -0.1) is 0 Å². The molecule has 0 radical (unpaired) electrons. The van der Waals surface area contributed by atoms with Gasteiger partial charge in [-0.25, -0.2) is 10.2 Å². The van der Waals surface area contributed by atoms with Crippen molar-refractivity contribution in [3.63, 3.8) is 0 Å². The lowest BCUT2D eigenvalue weighted by Gasteiger charge is -2.11. The normalized spacial score (nSPS) is 10.6. The van der Waals surface area contributed by atoms with Crippen LogP contribution in [0.1, 0.15) is 49.1 Å². The smallest absolute Gasteiger partial charge is 0.343 e. The second kappa shape index (κ2) is 12.8. The number of esters is 1. The number of hydrogen-bond donors (Lipinski definition) is 2. The van der Waals surface area contributed by atoms with Crippen molar-refractivity contribution >= 4 is 29.7 Å². The molecule has 0 bridgehead atoms. The van der Waals surface area contributed by atoms with E-state index in [0.717, 1.165) is 5.56 Å². The van der Waals surface area contributed by atoms with Crippen LogP contribution in [0, 0.1) is 6.92 Å². The van der Waals surface area contributed by atoms with Crippen molar-refractivity contribution in [2.45, 2.75) is 13.8 Å². The molecule has 4 aromatic rings. The monoisotopic (exact) mass is 521 g/mol. The lowest BCUT2D eigenvalue weighted by atomic mass is 10.1. The van der Waals surface area contributed by atoms with E-state index in [1.54, 1.807) is 78.9 Å². The Morgan fingerprint density at radius 3 is 2.23 bits per heavy atom. The van der Waals surface area contributed by atoms with Crippen molar-refractivity contribution in [3.05, 3.63) is 125 Å². The van der Waals surface area contributed by atoms with Gasteiger partial charge < -0.3 is 14.8 Å². The van der Waals surface area contributed by atoms with Crippen LogP contribution in [0.4, 0.5) is 5.69 Å². The van der Waals surface area contributed by atoms with Crippen LogP contribution >= 0.6 is 0 Å². The number of ether oxygens (including phenoxy) is 2. The van der Waals surface area contributed by atoms with E-state index < -0.39 is 11.9 Å². The Morgan fingerprint density at radius 2 is 1.51 bits per heavy atom. The molecule has 0 unspecified atom stereocenters. The Morgan fingerprint density at radius 1 is 0.769 bits per heavy atom. The number of rotatable bonds is 9. The predicted octanol–water partition coefficient (Wildman–Crippen LogP) is 5.63. The van der Waals surface area contributed by atoms with Crippen LogP contribution in [0.15, 0.2) is 102 Å². The van der Waals surface area contributed by atoms with E-state index in [1.165, 1.54) is 6.21 Å². The third-order valence-corrected chi connectivity index (χ3v) is 5.54. The zero-order chi connectivity index (χ0) is 27.6. The molecule has 0 saturated carbocycles. The maximum Gasteiger partial charge on any atom is 0.343 e. The lowest BCUT2D eigenvalue weighted by molar-refractivity contribution is 0.0728. The van der Waals surface area contributed by atoms with E-state index in [1.807, 2.05) is 32.0 Å². The van der Waals surface area contributed by atoms with Gasteiger partial charge in [0.25, 0.3) is 11.8 Å². The van der Waals surface area contributed by atoms with E-state index in [4.69, 9.17) is 9.47 Å². The van der Waals surface area contributed by atoms with Gasteiger partial charge >= 0.3 is 5.97 Å². The van der Waals surface area contributed by atoms with Crippen LogP contribution < -0.4 is 20.2 Å². The number of nitrogens with zero attached hydrogens (tertiary/aromatic N) is 1. The average molecular weight is 522 g/mol. The van der Waals surface area contributed by atoms with Gasteiger partial charge in [0.05, 0.1) is 18.4 Å². The molecule has 0 aliphatic carbocycles. The molecular formula is C31H27N3O5. The standard InChI is InChI=1S/C31H27N3O5/c1-3-38-28-19-22(12-17-27(28)39-31(37)24-9-5-4-6-10-24)20-32-34-30(36)23-13-15-26(16-14-23)33-29(35)25-11-7-8-21(2)18-25/h4-20H,3H2,1-2H3,(H,33,35)(H,34,36)/b32-20-. The number of hydrogen-bond acceptors (Lipinski definition) is 6. The van der Waals surface area contributed by atoms with Crippen molar-refractivity contribution < 1.29 is 23.9 Å². The van der Waals surface area contributed by atoms with E-state index in [2.05, 4.69) is 15.8 Å². The van der Waals surface area contributed by atoms with Gasteiger partial charge in [0.1, 0.15) is 0 Å². The van der Waals surface area contributed by atoms with E-state index >= 15 is 0 Å². The third kappa shape index (κ3) is 7.39. The number of anilines is 1. The fourth-order valence-corrected chi connectivity index (χ4v) is 3.62. The van der Waals surface area contributed by atoms with Crippen LogP contribution in [0.25, 0.3) is 0 Å². The zero-order valence-corrected chi connectivity index (χ0v) is 21.5. The topological polar surface area (TPSA) is 106 Å². The van der Waals surface area contributed by atoms with Gasteiger partial charge in [-0.05, 0) is 86.1 Å².